The summed E-state index contributed by atoms with van der Waals surface area (Å²) in [6, 6.07) is 10.1. The molecule has 6 nitrogen and oxygen atoms in total. The number of rotatable bonds is 5. The Kier molecular flexibility index (Phi) is 5.41. The lowest BCUT2D eigenvalue weighted by molar-refractivity contribution is 0.0600. The monoisotopic (exact) mass is 316 g/mol. The maximum atomic E-state index is 11.9. The molecule has 2 amide bonds. The number of furan rings is 1. The van der Waals surface area contributed by atoms with Crippen molar-refractivity contribution >= 4 is 12.0 Å². The predicted octanol–water partition coefficient (Wildman–Crippen LogP) is 2.94. The van der Waals surface area contributed by atoms with Gasteiger partial charge >= 0.3 is 12.0 Å². The lowest BCUT2D eigenvalue weighted by Crippen LogP contribution is -2.36. The summed E-state index contributed by atoms with van der Waals surface area (Å²) in [6.45, 7) is 4.00. The highest BCUT2D eigenvalue weighted by Gasteiger charge is 2.12. The largest absolute Gasteiger partial charge is 0.465 e. The second-order valence-corrected chi connectivity index (χ2v) is 5.19. The minimum Gasteiger partial charge on any atom is -0.465 e. The van der Waals surface area contributed by atoms with Gasteiger partial charge in [0.1, 0.15) is 11.5 Å². The average Bonchev–Trinajstić information content (AvgIpc) is 2.99. The van der Waals surface area contributed by atoms with E-state index in [1.807, 2.05) is 32.0 Å². The maximum absolute atomic E-state index is 11.9. The fraction of sp³-hybridized carbons (Fsp3) is 0.294. The molecule has 1 heterocycles. The van der Waals surface area contributed by atoms with Crippen LogP contribution in [0, 0.1) is 6.92 Å². The minimum atomic E-state index is -0.405. The van der Waals surface area contributed by atoms with Crippen LogP contribution in [0.2, 0.25) is 0 Å². The van der Waals surface area contributed by atoms with Crippen LogP contribution in [0.1, 0.15) is 40.4 Å². The lowest BCUT2D eigenvalue weighted by atomic mass is 10.1. The summed E-state index contributed by atoms with van der Waals surface area (Å²) in [7, 11) is 1.33. The molecular weight excluding hydrogens is 296 g/mol. The summed E-state index contributed by atoms with van der Waals surface area (Å²) in [5.41, 5.74) is 1.26. The number of methoxy groups -OCH3 is 1. The van der Waals surface area contributed by atoms with Crippen molar-refractivity contribution in [2.45, 2.75) is 26.4 Å². The third-order valence-electron chi connectivity index (χ3n) is 3.34. The van der Waals surface area contributed by atoms with Gasteiger partial charge in [-0.15, -0.1) is 0 Å². The van der Waals surface area contributed by atoms with Crippen LogP contribution in [0.4, 0.5) is 4.79 Å². The SMILES string of the molecule is COC(=O)c1cccc(CNC(=O)NC(C)c2ccc(C)o2)c1. The molecule has 2 rings (SSSR count). The van der Waals surface area contributed by atoms with Crippen molar-refractivity contribution in [3.05, 3.63) is 59.0 Å². The zero-order chi connectivity index (χ0) is 16.8. The Hall–Kier alpha value is -2.76. The molecule has 0 bridgehead atoms. The van der Waals surface area contributed by atoms with E-state index in [2.05, 4.69) is 15.4 Å². The standard InChI is InChI=1S/C17H20N2O4/c1-11-7-8-15(23-11)12(2)19-17(21)18-10-13-5-4-6-14(9-13)16(20)22-3/h4-9,12H,10H2,1-3H3,(H2,18,19,21). The molecule has 1 aromatic heterocycles. The molecule has 0 saturated carbocycles. The fourth-order valence-electron chi connectivity index (χ4n) is 2.11. The highest BCUT2D eigenvalue weighted by molar-refractivity contribution is 5.89. The maximum Gasteiger partial charge on any atom is 0.337 e. The molecule has 2 aromatic rings. The molecule has 0 aliphatic rings. The molecule has 0 radical (unpaired) electrons. The van der Waals surface area contributed by atoms with Crippen molar-refractivity contribution in [3.63, 3.8) is 0 Å². The zero-order valence-electron chi connectivity index (χ0n) is 13.4. The smallest absolute Gasteiger partial charge is 0.337 e. The Morgan fingerprint density at radius 2 is 2.04 bits per heavy atom. The van der Waals surface area contributed by atoms with Gasteiger partial charge in [0, 0.05) is 6.54 Å². The molecule has 0 saturated heterocycles. The van der Waals surface area contributed by atoms with Crippen LogP contribution in [-0.2, 0) is 11.3 Å². The van der Waals surface area contributed by atoms with Gasteiger partial charge in [0.15, 0.2) is 0 Å². The third-order valence-corrected chi connectivity index (χ3v) is 3.34. The van der Waals surface area contributed by atoms with Crippen LogP contribution < -0.4 is 10.6 Å². The molecule has 122 valence electrons. The normalized spacial score (nSPS) is 11.6. The predicted molar refractivity (Wildman–Crippen MR) is 85.0 cm³/mol. The van der Waals surface area contributed by atoms with E-state index in [0.29, 0.717) is 17.9 Å². The molecule has 0 aliphatic carbocycles. The summed E-state index contributed by atoms with van der Waals surface area (Å²) in [4.78, 5) is 23.4. The van der Waals surface area contributed by atoms with Gasteiger partial charge in [-0.25, -0.2) is 9.59 Å². The van der Waals surface area contributed by atoms with E-state index in [9.17, 15) is 9.59 Å². The Morgan fingerprint density at radius 3 is 2.70 bits per heavy atom. The minimum absolute atomic E-state index is 0.231. The fourth-order valence-corrected chi connectivity index (χ4v) is 2.11. The first-order valence-electron chi connectivity index (χ1n) is 7.27. The van der Waals surface area contributed by atoms with Crippen LogP contribution in [0.3, 0.4) is 0 Å². The van der Waals surface area contributed by atoms with Crippen molar-refractivity contribution < 1.29 is 18.7 Å². The summed E-state index contributed by atoms with van der Waals surface area (Å²) in [5.74, 6) is 1.09. The van der Waals surface area contributed by atoms with Crippen molar-refractivity contribution in [1.82, 2.24) is 10.6 Å². The summed E-state index contributed by atoms with van der Waals surface area (Å²) in [5, 5.41) is 5.54. The van der Waals surface area contributed by atoms with Crippen molar-refractivity contribution in [2.75, 3.05) is 7.11 Å². The Balaban J connectivity index is 1.88. The number of hydrogen-bond donors (Lipinski definition) is 2. The van der Waals surface area contributed by atoms with Gasteiger partial charge in [0.2, 0.25) is 0 Å². The number of ether oxygens (including phenoxy) is 1. The van der Waals surface area contributed by atoms with Crippen molar-refractivity contribution in [2.24, 2.45) is 0 Å². The van der Waals surface area contributed by atoms with E-state index >= 15 is 0 Å². The van der Waals surface area contributed by atoms with Crippen molar-refractivity contribution in [3.8, 4) is 0 Å². The highest BCUT2D eigenvalue weighted by Crippen LogP contribution is 2.15. The van der Waals surface area contributed by atoms with Gasteiger partial charge in [-0.05, 0) is 43.7 Å². The summed E-state index contributed by atoms with van der Waals surface area (Å²) < 4.78 is 10.1. The number of hydrogen-bond acceptors (Lipinski definition) is 4. The molecule has 2 N–H and O–H groups in total. The Labute approximate surface area is 134 Å². The van der Waals surface area contributed by atoms with E-state index in [1.165, 1.54) is 7.11 Å². The van der Waals surface area contributed by atoms with Gasteiger partial charge in [-0.2, -0.15) is 0 Å². The molecular formula is C17H20N2O4. The zero-order valence-corrected chi connectivity index (χ0v) is 13.4. The van der Waals surface area contributed by atoms with Crippen LogP contribution >= 0.6 is 0 Å². The van der Waals surface area contributed by atoms with Crippen LogP contribution in [0.15, 0.2) is 40.8 Å². The van der Waals surface area contributed by atoms with E-state index < -0.39 is 5.97 Å². The van der Waals surface area contributed by atoms with E-state index in [4.69, 9.17) is 4.42 Å². The van der Waals surface area contributed by atoms with Gasteiger partial charge in [0.25, 0.3) is 0 Å². The molecule has 1 atom stereocenters. The van der Waals surface area contributed by atoms with Gasteiger partial charge in [-0.1, -0.05) is 12.1 Å². The summed E-state index contributed by atoms with van der Waals surface area (Å²) >= 11 is 0. The quantitative estimate of drug-likeness (QED) is 0.831. The number of aryl methyl sites for hydroxylation is 1. The van der Waals surface area contributed by atoms with E-state index in [-0.39, 0.29) is 12.1 Å². The first-order valence-corrected chi connectivity index (χ1v) is 7.27. The molecule has 23 heavy (non-hydrogen) atoms. The van der Waals surface area contributed by atoms with Gasteiger partial charge in [0.05, 0.1) is 18.7 Å². The number of esters is 1. The molecule has 0 aliphatic heterocycles. The molecule has 1 unspecified atom stereocenters. The Morgan fingerprint density at radius 1 is 1.26 bits per heavy atom. The molecule has 0 spiro atoms. The van der Waals surface area contributed by atoms with Crippen LogP contribution in [0.5, 0.6) is 0 Å². The molecule has 0 fully saturated rings. The van der Waals surface area contributed by atoms with Gasteiger partial charge in [-0.3, -0.25) is 0 Å². The summed E-state index contributed by atoms with van der Waals surface area (Å²) in [6.07, 6.45) is 0. The number of carbonyl (C=O) groups excluding carboxylic acids is 2. The van der Waals surface area contributed by atoms with Crippen LogP contribution in [0.25, 0.3) is 0 Å². The number of urea groups is 1. The number of nitrogens with one attached hydrogen (secondary N) is 2. The van der Waals surface area contributed by atoms with Crippen LogP contribution in [-0.4, -0.2) is 19.1 Å². The first kappa shape index (κ1) is 16.6. The topological polar surface area (TPSA) is 80.6 Å². The second-order valence-electron chi connectivity index (χ2n) is 5.19. The molecule has 6 heteroatoms. The second kappa shape index (κ2) is 7.49. The van der Waals surface area contributed by atoms with Crippen molar-refractivity contribution in [1.29, 1.82) is 0 Å². The number of amides is 2. The van der Waals surface area contributed by atoms with E-state index in [0.717, 1.165) is 11.3 Å². The molecule has 1 aromatic carbocycles. The first-order chi connectivity index (χ1) is 11.0. The average molecular weight is 316 g/mol. The highest BCUT2D eigenvalue weighted by atomic mass is 16.5. The lowest BCUT2D eigenvalue weighted by Gasteiger charge is -2.13. The van der Waals surface area contributed by atoms with Gasteiger partial charge < -0.3 is 19.8 Å². The number of carbonyl (C=O) groups is 2. The van der Waals surface area contributed by atoms with E-state index in [1.54, 1.807) is 18.2 Å². The number of benzene rings is 1. The third kappa shape index (κ3) is 4.60. The Bertz CT molecular complexity index is 693.